The number of H-pyrrole nitrogens is 1. The van der Waals surface area contributed by atoms with Gasteiger partial charge in [-0.15, -0.1) is 12.4 Å². The zero-order chi connectivity index (χ0) is 19.8. The third-order valence-corrected chi connectivity index (χ3v) is 4.64. The summed E-state index contributed by atoms with van der Waals surface area (Å²) in [5, 5.41) is 12.3. The molecule has 0 radical (unpaired) electrons. The summed E-state index contributed by atoms with van der Waals surface area (Å²) < 4.78 is 39.0. The van der Waals surface area contributed by atoms with Crippen molar-refractivity contribution < 1.29 is 22.8 Å². The van der Waals surface area contributed by atoms with Crippen LogP contribution in [0.3, 0.4) is 0 Å². The molecule has 0 saturated heterocycles. The Kier molecular flexibility index (Phi) is 6.05. The molecule has 28 heavy (non-hydrogen) atoms. The smallest absolute Gasteiger partial charge is 0.367 e. The first kappa shape index (κ1) is 21.7. The Morgan fingerprint density at radius 2 is 1.93 bits per heavy atom. The number of hydrogen-bond donors (Lipinski definition) is 4. The molecule has 3 rings (SSSR count). The minimum Gasteiger partial charge on any atom is -0.367 e. The summed E-state index contributed by atoms with van der Waals surface area (Å²) in [4.78, 5) is 24.8. The Bertz CT molecular complexity index is 899. The summed E-state index contributed by atoms with van der Waals surface area (Å²) in [6.07, 6.45) is -3.93. The number of carbonyl (C=O) groups excluding carboxylic acids is 2. The molecule has 1 aliphatic heterocycles. The van der Waals surface area contributed by atoms with Crippen molar-refractivity contribution in [2.24, 2.45) is 5.73 Å². The number of nitrogens with two attached hydrogens (primary N) is 1. The van der Waals surface area contributed by atoms with Gasteiger partial charge in [0, 0.05) is 30.8 Å². The largest absolute Gasteiger partial charge is 0.416 e. The van der Waals surface area contributed by atoms with Crippen LogP contribution in [0.1, 0.15) is 39.8 Å². The zero-order valence-corrected chi connectivity index (χ0v) is 15.6. The van der Waals surface area contributed by atoms with Gasteiger partial charge in [-0.25, -0.2) is 0 Å². The fourth-order valence-corrected chi connectivity index (χ4v) is 2.98. The lowest BCUT2D eigenvalue weighted by Gasteiger charge is -2.28. The molecule has 0 bridgehead atoms. The number of amides is 2. The number of fused-ring (bicyclic) bond motifs is 1. The molecular weight excluding hydrogens is 399 g/mol. The molecule has 0 fully saturated rings. The van der Waals surface area contributed by atoms with Crippen LogP contribution in [-0.2, 0) is 29.5 Å². The lowest BCUT2D eigenvalue weighted by Crippen LogP contribution is -2.53. The van der Waals surface area contributed by atoms with Gasteiger partial charge in [-0.05, 0) is 24.6 Å². The highest BCUT2D eigenvalue weighted by Crippen LogP contribution is 2.32. The van der Waals surface area contributed by atoms with E-state index in [1.54, 1.807) is 0 Å². The zero-order valence-electron chi connectivity index (χ0n) is 14.8. The van der Waals surface area contributed by atoms with Crippen molar-refractivity contribution in [2.75, 3.05) is 6.54 Å². The number of halogens is 4. The summed E-state index contributed by atoms with van der Waals surface area (Å²) >= 11 is 0. The van der Waals surface area contributed by atoms with Crippen molar-refractivity contribution in [3.8, 4) is 0 Å². The molecule has 152 valence electrons. The number of alkyl halides is 3. The summed E-state index contributed by atoms with van der Waals surface area (Å²) in [6, 6.07) is 4.14. The van der Waals surface area contributed by atoms with Crippen LogP contribution >= 0.6 is 12.4 Å². The van der Waals surface area contributed by atoms with Crippen molar-refractivity contribution in [3.63, 3.8) is 0 Å². The molecular formula is C17H19ClF3N5O2. The topological polar surface area (TPSA) is 113 Å². The molecule has 2 amide bonds. The van der Waals surface area contributed by atoms with Gasteiger partial charge in [-0.2, -0.15) is 18.3 Å². The van der Waals surface area contributed by atoms with Gasteiger partial charge in [-0.3, -0.25) is 14.7 Å². The number of hydrogen-bond acceptors (Lipinski definition) is 4. The monoisotopic (exact) mass is 417 g/mol. The van der Waals surface area contributed by atoms with E-state index >= 15 is 0 Å². The van der Waals surface area contributed by atoms with Gasteiger partial charge < -0.3 is 16.4 Å². The number of nitrogens with one attached hydrogen (secondary N) is 3. The molecule has 2 aromatic rings. The second-order valence-corrected chi connectivity index (χ2v) is 6.48. The number of carbonyl (C=O) groups is 2. The highest BCUT2D eigenvalue weighted by molar-refractivity contribution is 5.99. The number of nitrogens with zero attached hydrogens (tertiary/aromatic N) is 1. The van der Waals surface area contributed by atoms with Crippen molar-refractivity contribution in [3.05, 3.63) is 52.3 Å². The fourth-order valence-electron chi connectivity index (χ4n) is 2.98. The van der Waals surface area contributed by atoms with Crippen LogP contribution in [0.5, 0.6) is 0 Å². The first-order valence-electron chi connectivity index (χ1n) is 8.20. The molecule has 1 atom stereocenters. The van der Waals surface area contributed by atoms with Gasteiger partial charge in [0.2, 0.25) is 5.91 Å². The molecule has 5 N–H and O–H groups in total. The first-order chi connectivity index (χ1) is 12.6. The van der Waals surface area contributed by atoms with E-state index in [9.17, 15) is 22.8 Å². The summed E-state index contributed by atoms with van der Waals surface area (Å²) in [6.45, 7) is 2.42. The predicted octanol–water partition coefficient (Wildman–Crippen LogP) is 1.63. The number of benzene rings is 1. The number of aromatic nitrogens is 2. The van der Waals surface area contributed by atoms with Crippen LogP contribution < -0.4 is 16.4 Å². The van der Waals surface area contributed by atoms with E-state index in [1.165, 1.54) is 13.0 Å². The van der Waals surface area contributed by atoms with Gasteiger partial charge >= 0.3 is 6.18 Å². The van der Waals surface area contributed by atoms with E-state index in [0.717, 1.165) is 30.4 Å². The highest BCUT2D eigenvalue weighted by atomic mass is 35.5. The molecule has 0 saturated carbocycles. The van der Waals surface area contributed by atoms with Crippen LogP contribution in [0.25, 0.3) is 0 Å². The van der Waals surface area contributed by atoms with Crippen LogP contribution in [0, 0.1) is 0 Å². The molecule has 7 nitrogen and oxygen atoms in total. The molecule has 1 unspecified atom stereocenters. The van der Waals surface area contributed by atoms with Gasteiger partial charge in [0.15, 0.2) is 5.69 Å². The quantitative estimate of drug-likeness (QED) is 0.605. The van der Waals surface area contributed by atoms with Gasteiger partial charge in [0.1, 0.15) is 5.54 Å². The van der Waals surface area contributed by atoms with Gasteiger partial charge in [-0.1, -0.05) is 12.1 Å². The van der Waals surface area contributed by atoms with Crippen molar-refractivity contribution in [2.45, 2.75) is 31.6 Å². The minimum atomic E-state index is -4.59. The minimum absolute atomic E-state index is 0. The Morgan fingerprint density at radius 3 is 2.57 bits per heavy atom. The van der Waals surface area contributed by atoms with Crippen molar-refractivity contribution in [1.82, 2.24) is 20.8 Å². The Morgan fingerprint density at radius 1 is 1.25 bits per heavy atom. The summed E-state index contributed by atoms with van der Waals surface area (Å²) in [5.41, 5.74) is 4.12. The summed E-state index contributed by atoms with van der Waals surface area (Å²) in [7, 11) is 0. The maximum Gasteiger partial charge on any atom is 0.416 e. The van der Waals surface area contributed by atoms with Crippen LogP contribution in [0.15, 0.2) is 24.3 Å². The highest BCUT2D eigenvalue weighted by Gasteiger charge is 2.39. The van der Waals surface area contributed by atoms with E-state index in [4.69, 9.17) is 5.73 Å². The molecule has 0 spiro atoms. The number of aromatic amines is 1. The molecule has 1 aromatic heterocycles. The molecule has 2 heterocycles. The lowest BCUT2D eigenvalue weighted by molar-refractivity contribution is -0.137. The number of rotatable bonds is 4. The van der Waals surface area contributed by atoms with Crippen LogP contribution in [0.2, 0.25) is 0 Å². The second-order valence-electron chi connectivity index (χ2n) is 6.48. The number of primary amides is 1. The fraction of sp³-hybridized carbons (Fsp3) is 0.353. The van der Waals surface area contributed by atoms with Crippen LogP contribution in [-0.4, -0.2) is 28.6 Å². The average molecular weight is 418 g/mol. The Balaban J connectivity index is 0.00000280. The van der Waals surface area contributed by atoms with E-state index in [1.807, 2.05) is 0 Å². The van der Waals surface area contributed by atoms with Crippen molar-refractivity contribution in [1.29, 1.82) is 0 Å². The normalized spacial score (nSPS) is 15.7. The SMILES string of the molecule is CC(NC(=O)c1n[nH]c2c1CNCC2)(C(N)=O)c1cccc(C(F)(F)F)c1.Cl. The molecule has 1 aromatic carbocycles. The first-order valence-corrected chi connectivity index (χ1v) is 8.20. The Hall–Kier alpha value is -2.59. The van der Waals surface area contributed by atoms with E-state index in [-0.39, 0.29) is 23.7 Å². The van der Waals surface area contributed by atoms with Crippen molar-refractivity contribution >= 4 is 24.2 Å². The molecule has 0 aliphatic carbocycles. The van der Waals surface area contributed by atoms with E-state index in [0.29, 0.717) is 18.5 Å². The third kappa shape index (κ3) is 3.97. The molecule has 1 aliphatic rings. The van der Waals surface area contributed by atoms with Gasteiger partial charge in [0.05, 0.1) is 5.56 Å². The maximum absolute atomic E-state index is 13.0. The standard InChI is InChI=1S/C17H18F3N5O2.ClH/c1-16(15(21)27,9-3-2-4-10(7-9)17(18,19)20)23-14(26)13-11-8-22-6-5-12(11)24-25-13;/h2-4,7,22H,5-6,8H2,1H3,(H2,21,27)(H,23,26)(H,24,25);1H. The average Bonchev–Trinajstić information content (AvgIpc) is 3.05. The maximum atomic E-state index is 13.0. The van der Waals surface area contributed by atoms with Gasteiger partial charge in [0.25, 0.3) is 5.91 Å². The predicted molar refractivity (Wildman–Crippen MR) is 96.7 cm³/mol. The van der Waals surface area contributed by atoms with Crippen LogP contribution in [0.4, 0.5) is 13.2 Å². The summed E-state index contributed by atoms with van der Waals surface area (Å²) in [5.74, 6) is -1.69. The van der Waals surface area contributed by atoms with E-state index in [2.05, 4.69) is 20.8 Å². The second kappa shape index (κ2) is 7.80. The van der Waals surface area contributed by atoms with E-state index < -0.39 is 29.1 Å². The Labute approximate surface area is 164 Å². The molecule has 11 heteroatoms. The lowest BCUT2D eigenvalue weighted by atomic mass is 9.89. The third-order valence-electron chi connectivity index (χ3n) is 4.64.